The lowest BCUT2D eigenvalue weighted by molar-refractivity contribution is -0.384. The lowest BCUT2D eigenvalue weighted by Gasteiger charge is -2.13. The first-order valence-corrected chi connectivity index (χ1v) is 8.02. The summed E-state index contributed by atoms with van der Waals surface area (Å²) in [5, 5.41) is 13.9. The second-order valence-electron chi connectivity index (χ2n) is 6.14. The Morgan fingerprint density at radius 3 is 2.33 bits per heavy atom. The largest absolute Gasteiger partial charge is 0.321 e. The smallest absolute Gasteiger partial charge is 0.270 e. The average molecular weight is 326 g/mol. The Hall–Kier alpha value is -2.69. The third-order valence-corrected chi connectivity index (χ3v) is 4.07. The van der Waals surface area contributed by atoms with Gasteiger partial charge >= 0.3 is 0 Å². The number of carbonyl (C=O) groups is 1. The second kappa shape index (κ2) is 7.25. The summed E-state index contributed by atoms with van der Waals surface area (Å²) in [5.74, 6) is 0.197. The molecule has 5 nitrogen and oxygen atoms in total. The molecule has 126 valence electrons. The molecule has 1 N–H and O–H groups in total. The van der Waals surface area contributed by atoms with E-state index in [9.17, 15) is 14.9 Å². The number of amides is 1. The van der Waals surface area contributed by atoms with E-state index in [2.05, 4.69) is 19.2 Å². The topological polar surface area (TPSA) is 72.2 Å². The van der Waals surface area contributed by atoms with Crippen LogP contribution in [0.15, 0.2) is 36.4 Å². The number of aryl methyl sites for hydroxylation is 2. The minimum Gasteiger partial charge on any atom is -0.321 e. The van der Waals surface area contributed by atoms with Crippen molar-refractivity contribution in [2.45, 2.75) is 40.0 Å². The van der Waals surface area contributed by atoms with Crippen molar-refractivity contribution in [3.63, 3.8) is 0 Å². The van der Waals surface area contributed by atoms with Gasteiger partial charge in [0.05, 0.1) is 4.92 Å². The Labute approximate surface area is 141 Å². The molecular weight excluding hydrogens is 304 g/mol. The fourth-order valence-electron chi connectivity index (χ4n) is 2.61. The number of nitro benzene ring substituents is 1. The Morgan fingerprint density at radius 1 is 1.21 bits per heavy atom. The van der Waals surface area contributed by atoms with Crippen molar-refractivity contribution in [1.29, 1.82) is 0 Å². The molecule has 0 bridgehead atoms. The van der Waals surface area contributed by atoms with Crippen molar-refractivity contribution in [3.8, 4) is 0 Å². The molecule has 0 saturated heterocycles. The first-order chi connectivity index (χ1) is 11.3. The van der Waals surface area contributed by atoms with Crippen LogP contribution in [0.3, 0.4) is 0 Å². The number of anilines is 1. The minimum atomic E-state index is -0.414. The number of benzene rings is 2. The zero-order chi connectivity index (χ0) is 17.9. The summed E-state index contributed by atoms with van der Waals surface area (Å²) in [4.78, 5) is 23.1. The van der Waals surface area contributed by atoms with Crippen molar-refractivity contribution in [3.05, 3.63) is 68.8 Å². The quantitative estimate of drug-likeness (QED) is 0.631. The Bertz CT molecular complexity index is 765. The maximum absolute atomic E-state index is 12.5. The second-order valence-corrected chi connectivity index (χ2v) is 6.14. The number of hydrogen-bond acceptors (Lipinski definition) is 3. The summed E-state index contributed by atoms with van der Waals surface area (Å²) in [6.45, 7) is 7.88. The third-order valence-electron chi connectivity index (χ3n) is 4.07. The molecule has 0 fully saturated rings. The monoisotopic (exact) mass is 326 g/mol. The van der Waals surface area contributed by atoms with E-state index in [0.29, 0.717) is 29.2 Å². The van der Waals surface area contributed by atoms with Crippen LogP contribution in [0.5, 0.6) is 0 Å². The van der Waals surface area contributed by atoms with E-state index in [0.717, 1.165) is 5.56 Å². The summed E-state index contributed by atoms with van der Waals surface area (Å²) in [6, 6.07) is 10.5. The number of nitrogens with zero attached hydrogens (tertiary/aromatic N) is 1. The van der Waals surface area contributed by atoms with Gasteiger partial charge in [-0.05, 0) is 48.1 Å². The van der Waals surface area contributed by atoms with Crippen LogP contribution >= 0.6 is 0 Å². The number of rotatable bonds is 5. The van der Waals surface area contributed by atoms with Gasteiger partial charge < -0.3 is 5.32 Å². The van der Waals surface area contributed by atoms with Gasteiger partial charge in [0.25, 0.3) is 11.6 Å². The summed E-state index contributed by atoms with van der Waals surface area (Å²) >= 11 is 0. The van der Waals surface area contributed by atoms with Gasteiger partial charge in [-0.25, -0.2) is 0 Å². The van der Waals surface area contributed by atoms with Gasteiger partial charge in [-0.3, -0.25) is 14.9 Å². The number of non-ortho nitro benzene ring substituents is 1. The van der Waals surface area contributed by atoms with Crippen molar-refractivity contribution in [2.75, 3.05) is 5.32 Å². The first kappa shape index (κ1) is 17.7. The van der Waals surface area contributed by atoms with Crippen LogP contribution in [0.2, 0.25) is 0 Å². The van der Waals surface area contributed by atoms with E-state index >= 15 is 0 Å². The van der Waals surface area contributed by atoms with Gasteiger partial charge in [-0.2, -0.15) is 0 Å². The van der Waals surface area contributed by atoms with Gasteiger partial charge in [0, 0.05) is 23.4 Å². The highest BCUT2D eigenvalue weighted by atomic mass is 16.6. The molecular formula is C19H22N2O3. The molecule has 0 heterocycles. The Kier molecular flexibility index (Phi) is 5.34. The van der Waals surface area contributed by atoms with Gasteiger partial charge in [-0.1, -0.05) is 32.9 Å². The summed E-state index contributed by atoms with van der Waals surface area (Å²) < 4.78 is 0. The summed E-state index contributed by atoms with van der Waals surface area (Å²) in [5.41, 5.74) is 3.89. The highest BCUT2D eigenvalue weighted by Gasteiger charge is 2.16. The number of nitrogens with one attached hydrogen (secondary N) is 1. The molecule has 1 amide bonds. The molecule has 0 aliphatic heterocycles. The third kappa shape index (κ3) is 3.79. The van der Waals surface area contributed by atoms with Crippen LogP contribution in [-0.4, -0.2) is 10.8 Å². The van der Waals surface area contributed by atoms with Crippen LogP contribution in [-0.2, 0) is 6.42 Å². The van der Waals surface area contributed by atoms with Crippen LogP contribution in [0.1, 0.15) is 53.7 Å². The molecule has 2 aromatic carbocycles. The fourth-order valence-corrected chi connectivity index (χ4v) is 2.61. The molecule has 0 aliphatic rings. The van der Waals surface area contributed by atoms with Crippen molar-refractivity contribution < 1.29 is 9.72 Å². The normalized spacial score (nSPS) is 10.7. The first-order valence-electron chi connectivity index (χ1n) is 8.02. The molecule has 0 radical (unpaired) electrons. The molecule has 0 spiro atoms. The van der Waals surface area contributed by atoms with E-state index in [-0.39, 0.29) is 11.6 Å². The van der Waals surface area contributed by atoms with E-state index < -0.39 is 4.92 Å². The molecule has 0 unspecified atom stereocenters. The number of hydrogen-bond donors (Lipinski definition) is 1. The molecule has 0 aromatic heterocycles. The van der Waals surface area contributed by atoms with Crippen LogP contribution in [0.25, 0.3) is 0 Å². The SMILES string of the molecule is CCc1cc([N+](=O)[O-])cc(C)c1NC(=O)c1ccc(C(C)C)cc1. The van der Waals surface area contributed by atoms with E-state index in [4.69, 9.17) is 0 Å². The summed E-state index contributed by atoms with van der Waals surface area (Å²) in [6.07, 6.45) is 0.602. The minimum absolute atomic E-state index is 0.0450. The molecule has 24 heavy (non-hydrogen) atoms. The maximum Gasteiger partial charge on any atom is 0.270 e. The van der Waals surface area contributed by atoms with Crippen LogP contribution < -0.4 is 5.32 Å². The lowest BCUT2D eigenvalue weighted by atomic mass is 10.0. The average Bonchev–Trinajstić information content (AvgIpc) is 2.56. The molecule has 2 aromatic rings. The maximum atomic E-state index is 12.5. The zero-order valence-corrected chi connectivity index (χ0v) is 14.4. The molecule has 5 heteroatoms. The van der Waals surface area contributed by atoms with E-state index in [1.165, 1.54) is 17.7 Å². The van der Waals surface area contributed by atoms with Gasteiger partial charge in [0.1, 0.15) is 0 Å². The van der Waals surface area contributed by atoms with Crippen molar-refractivity contribution in [1.82, 2.24) is 0 Å². The predicted octanol–water partition coefficient (Wildman–Crippen LogP) is 4.84. The summed E-state index contributed by atoms with van der Waals surface area (Å²) in [7, 11) is 0. The van der Waals surface area contributed by atoms with Gasteiger partial charge in [0.15, 0.2) is 0 Å². The number of nitro groups is 1. The standard InChI is InChI=1S/C19H22N2O3/c1-5-14-11-17(21(23)24)10-13(4)18(14)20-19(22)16-8-6-15(7-9-16)12(2)3/h6-12H,5H2,1-4H3,(H,20,22). The zero-order valence-electron chi connectivity index (χ0n) is 14.4. The van der Waals surface area contributed by atoms with Crippen LogP contribution in [0.4, 0.5) is 11.4 Å². The Balaban J connectivity index is 2.29. The van der Waals surface area contributed by atoms with E-state index in [1.807, 2.05) is 19.1 Å². The van der Waals surface area contributed by atoms with Gasteiger partial charge in [0.2, 0.25) is 0 Å². The highest BCUT2D eigenvalue weighted by Crippen LogP contribution is 2.28. The van der Waals surface area contributed by atoms with Crippen molar-refractivity contribution in [2.24, 2.45) is 0 Å². The molecule has 0 atom stereocenters. The molecule has 0 aliphatic carbocycles. The predicted molar refractivity (Wildman–Crippen MR) is 95.7 cm³/mol. The van der Waals surface area contributed by atoms with Gasteiger partial charge in [-0.15, -0.1) is 0 Å². The number of carbonyl (C=O) groups excluding carboxylic acids is 1. The fraction of sp³-hybridized carbons (Fsp3) is 0.316. The highest BCUT2D eigenvalue weighted by molar-refractivity contribution is 6.05. The lowest BCUT2D eigenvalue weighted by Crippen LogP contribution is -2.14. The van der Waals surface area contributed by atoms with E-state index in [1.54, 1.807) is 19.1 Å². The van der Waals surface area contributed by atoms with Crippen molar-refractivity contribution >= 4 is 17.3 Å². The molecule has 2 rings (SSSR count). The Morgan fingerprint density at radius 2 is 1.83 bits per heavy atom. The molecule has 0 saturated carbocycles. The van der Waals surface area contributed by atoms with Crippen LogP contribution in [0, 0.1) is 17.0 Å².